The highest BCUT2D eigenvalue weighted by atomic mass is 16.5. The van der Waals surface area contributed by atoms with Crippen LogP contribution in [0.3, 0.4) is 0 Å². The highest BCUT2D eigenvalue weighted by molar-refractivity contribution is 5.91. The number of primary amides is 1. The molecule has 0 heterocycles. The van der Waals surface area contributed by atoms with Gasteiger partial charge in [-0.3, -0.25) is 14.4 Å². The number of hydrogen-bond donors (Lipinski definition) is 4. The van der Waals surface area contributed by atoms with Crippen LogP contribution < -0.4 is 21.7 Å². The van der Waals surface area contributed by atoms with Crippen LogP contribution in [0.4, 0.5) is 4.79 Å². The molecule has 0 aliphatic rings. The second kappa shape index (κ2) is 9.91. The smallest absolute Gasteiger partial charge is 0.407 e. The predicted octanol–water partition coefficient (Wildman–Crippen LogP) is -0.940. The van der Waals surface area contributed by atoms with Crippen molar-refractivity contribution in [3.8, 4) is 0 Å². The van der Waals surface area contributed by atoms with Gasteiger partial charge in [0.15, 0.2) is 0 Å². The van der Waals surface area contributed by atoms with Crippen LogP contribution in [0.15, 0.2) is 30.3 Å². The summed E-state index contributed by atoms with van der Waals surface area (Å²) >= 11 is 0. The molecule has 9 heteroatoms. The van der Waals surface area contributed by atoms with Gasteiger partial charge in [0.2, 0.25) is 17.7 Å². The van der Waals surface area contributed by atoms with Gasteiger partial charge in [0, 0.05) is 6.42 Å². The normalized spacial score (nSPS) is 12.4. The van der Waals surface area contributed by atoms with Crippen LogP contribution in [0, 0.1) is 0 Å². The average Bonchev–Trinajstić information content (AvgIpc) is 2.59. The van der Waals surface area contributed by atoms with Crippen LogP contribution in [0.25, 0.3) is 0 Å². The zero-order valence-corrected chi connectivity index (χ0v) is 14.1. The third-order valence-corrected chi connectivity index (χ3v) is 3.30. The number of hydrogen-bond acceptors (Lipinski definition) is 5. The number of alkyl carbamates (subject to hydrolysis) is 1. The Balaban J connectivity index is 2.64. The Hall–Kier alpha value is -3.10. The van der Waals surface area contributed by atoms with Crippen LogP contribution in [-0.2, 0) is 25.5 Å². The number of nitrogens with two attached hydrogens (primary N) is 1. The second-order valence-electron chi connectivity index (χ2n) is 5.29. The highest BCUT2D eigenvalue weighted by Crippen LogP contribution is 2.04. The number of nitrogens with one attached hydrogen (secondary N) is 3. The number of carbonyl (C=O) groups is 4. The van der Waals surface area contributed by atoms with E-state index in [0.29, 0.717) is 0 Å². The minimum Gasteiger partial charge on any atom is -0.453 e. The fourth-order valence-electron chi connectivity index (χ4n) is 1.91. The van der Waals surface area contributed by atoms with Crippen LogP contribution in [0.1, 0.15) is 12.5 Å². The zero-order valence-electron chi connectivity index (χ0n) is 14.1. The Bertz CT molecular complexity index is 620. The van der Waals surface area contributed by atoms with E-state index in [2.05, 4.69) is 20.7 Å². The van der Waals surface area contributed by atoms with Gasteiger partial charge >= 0.3 is 6.09 Å². The molecule has 1 rings (SSSR count). The summed E-state index contributed by atoms with van der Waals surface area (Å²) in [6.07, 6.45) is -0.538. The summed E-state index contributed by atoms with van der Waals surface area (Å²) in [6.45, 7) is 1.07. The molecule has 1 aromatic carbocycles. The number of methoxy groups -OCH3 is 1. The average molecular weight is 350 g/mol. The van der Waals surface area contributed by atoms with E-state index in [4.69, 9.17) is 5.73 Å². The first-order valence-electron chi connectivity index (χ1n) is 7.58. The van der Waals surface area contributed by atoms with E-state index >= 15 is 0 Å². The molecular weight excluding hydrogens is 328 g/mol. The monoisotopic (exact) mass is 350 g/mol. The molecule has 25 heavy (non-hydrogen) atoms. The lowest BCUT2D eigenvalue weighted by Gasteiger charge is -2.18. The third-order valence-electron chi connectivity index (χ3n) is 3.30. The Morgan fingerprint density at radius 3 is 2.32 bits per heavy atom. The summed E-state index contributed by atoms with van der Waals surface area (Å²) in [5.41, 5.74) is 5.87. The number of rotatable bonds is 8. The van der Waals surface area contributed by atoms with Crippen molar-refractivity contribution in [1.82, 2.24) is 16.0 Å². The largest absolute Gasteiger partial charge is 0.453 e. The molecular formula is C16H22N4O5. The Kier molecular flexibility index (Phi) is 7.91. The van der Waals surface area contributed by atoms with Crippen molar-refractivity contribution in [1.29, 1.82) is 0 Å². The maximum absolute atomic E-state index is 12.3. The van der Waals surface area contributed by atoms with E-state index in [-0.39, 0.29) is 13.0 Å². The third kappa shape index (κ3) is 7.34. The first kappa shape index (κ1) is 19.9. The highest BCUT2D eigenvalue weighted by Gasteiger charge is 2.22. The van der Waals surface area contributed by atoms with Crippen molar-refractivity contribution < 1.29 is 23.9 Å². The van der Waals surface area contributed by atoms with E-state index in [0.717, 1.165) is 5.56 Å². The van der Waals surface area contributed by atoms with Gasteiger partial charge in [0.05, 0.1) is 13.7 Å². The molecule has 0 unspecified atom stereocenters. The Morgan fingerprint density at radius 1 is 1.12 bits per heavy atom. The lowest BCUT2D eigenvalue weighted by Crippen LogP contribution is -2.51. The van der Waals surface area contributed by atoms with E-state index in [9.17, 15) is 19.2 Å². The molecule has 0 aromatic heterocycles. The number of ether oxygens (including phenoxy) is 1. The van der Waals surface area contributed by atoms with E-state index in [1.165, 1.54) is 14.0 Å². The van der Waals surface area contributed by atoms with Crippen molar-refractivity contribution in [2.24, 2.45) is 5.73 Å². The Labute approximate surface area is 145 Å². The molecule has 1 aromatic rings. The second-order valence-corrected chi connectivity index (χ2v) is 5.29. The first-order valence-corrected chi connectivity index (χ1v) is 7.58. The van der Waals surface area contributed by atoms with Gasteiger partial charge in [-0.2, -0.15) is 0 Å². The molecule has 0 aliphatic heterocycles. The number of benzene rings is 1. The Morgan fingerprint density at radius 2 is 1.76 bits per heavy atom. The van der Waals surface area contributed by atoms with Gasteiger partial charge in [-0.05, 0) is 12.5 Å². The van der Waals surface area contributed by atoms with Gasteiger partial charge in [0.1, 0.15) is 12.1 Å². The predicted molar refractivity (Wildman–Crippen MR) is 89.3 cm³/mol. The molecule has 4 amide bonds. The van der Waals surface area contributed by atoms with E-state index in [1.807, 2.05) is 6.07 Å². The molecule has 0 aliphatic carbocycles. The van der Waals surface area contributed by atoms with Crippen molar-refractivity contribution in [2.45, 2.75) is 25.4 Å². The fourth-order valence-corrected chi connectivity index (χ4v) is 1.91. The lowest BCUT2D eigenvalue weighted by atomic mass is 10.1. The maximum Gasteiger partial charge on any atom is 0.407 e. The van der Waals surface area contributed by atoms with Crippen molar-refractivity contribution in [3.63, 3.8) is 0 Å². The molecule has 2 atom stereocenters. The van der Waals surface area contributed by atoms with Gasteiger partial charge in [-0.15, -0.1) is 0 Å². The topological polar surface area (TPSA) is 140 Å². The molecule has 136 valence electrons. The van der Waals surface area contributed by atoms with E-state index in [1.54, 1.807) is 24.3 Å². The van der Waals surface area contributed by atoms with Crippen molar-refractivity contribution in [3.05, 3.63) is 35.9 Å². The quantitative estimate of drug-likeness (QED) is 0.479. The van der Waals surface area contributed by atoms with Crippen LogP contribution in [0.5, 0.6) is 0 Å². The molecule has 9 nitrogen and oxygen atoms in total. The van der Waals surface area contributed by atoms with Crippen LogP contribution in [0.2, 0.25) is 0 Å². The zero-order chi connectivity index (χ0) is 18.8. The van der Waals surface area contributed by atoms with E-state index < -0.39 is 35.9 Å². The van der Waals surface area contributed by atoms with Crippen LogP contribution in [-0.4, -0.2) is 49.6 Å². The molecule has 0 saturated heterocycles. The molecule has 0 saturated carbocycles. The van der Waals surface area contributed by atoms with Gasteiger partial charge in [-0.25, -0.2) is 4.79 Å². The summed E-state index contributed by atoms with van der Waals surface area (Å²) in [6, 6.07) is 7.29. The van der Waals surface area contributed by atoms with Crippen molar-refractivity contribution >= 4 is 23.8 Å². The first-order chi connectivity index (χ1) is 11.8. The maximum atomic E-state index is 12.3. The van der Waals surface area contributed by atoms with Crippen molar-refractivity contribution in [2.75, 3.05) is 13.7 Å². The van der Waals surface area contributed by atoms with Crippen LogP contribution >= 0.6 is 0 Å². The summed E-state index contributed by atoms with van der Waals surface area (Å²) in [7, 11) is 1.19. The fraction of sp³-hybridized carbons (Fsp3) is 0.375. The van der Waals surface area contributed by atoms with Gasteiger partial charge in [-0.1, -0.05) is 30.3 Å². The van der Waals surface area contributed by atoms with Gasteiger partial charge < -0.3 is 26.4 Å². The molecule has 0 spiro atoms. The summed E-state index contributed by atoms with van der Waals surface area (Å²) in [5.74, 6) is -1.82. The molecule has 0 radical (unpaired) electrons. The van der Waals surface area contributed by atoms with Gasteiger partial charge in [0.25, 0.3) is 0 Å². The molecule has 5 N–H and O–H groups in total. The molecule has 0 bridgehead atoms. The summed E-state index contributed by atoms with van der Waals surface area (Å²) in [4.78, 5) is 46.3. The molecule has 0 fully saturated rings. The minimum atomic E-state index is -0.920. The SMILES string of the molecule is COC(=O)N[C@@H](Cc1ccccc1)C(=O)NCC(=O)N[C@@H](C)C(N)=O. The standard InChI is InChI=1S/C16H22N4O5/c1-10(14(17)22)19-13(21)9-18-15(23)12(20-16(24)25-2)8-11-6-4-3-5-7-11/h3-7,10,12H,8-9H2,1-2H3,(H2,17,22)(H,18,23)(H,19,21)(H,20,24)/t10-,12-/m0/s1. The summed E-state index contributed by atoms with van der Waals surface area (Å²) in [5, 5.41) is 7.16. The number of carbonyl (C=O) groups excluding carboxylic acids is 4. The lowest BCUT2D eigenvalue weighted by molar-refractivity contribution is -0.129. The number of amides is 4. The minimum absolute atomic E-state index is 0.223. The summed E-state index contributed by atoms with van der Waals surface area (Å²) < 4.78 is 4.51.